The van der Waals surface area contributed by atoms with E-state index >= 15 is 0 Å². The van der Waals surface area contributed by atoms with Crippen LogP contribution in [0.2, 0.25) is 0 Å². The first-order valence-corrected chi connectivity index (χ1v) is 12.5. The van der Waals surface area contributed by atoms with Crippen LogP contribution in [-0.2, 0) is 17.9 Å². The quantitative estimate of drug-likeness (QED) is 0.336. The predicted octanol–water partition coefficient (Wildman–Crippen LogP) is 6.00. The lowest BCUT2D eigenvalue weighted by Gasteiger charge is -2.30. The maximum absolute atomic E-state index is 13.5. The molecular weight excluding hydrogens is 466 g/mol. The Labute approximate surface area is 214 Å². The Bertz CT molecular complexity index is 1430. The van der Waals surface area contributed by atoms with Crippen molar-refractivity contribution < 1.29 is 9.59 Å². The Morgan fingerprint density at radius 3 is 2.56 bits per heavy atom. The Balaban J connectivity index is 1.34. The van der Waals surface area contributed by atoms with Crippen LogP contribution in [0.3, 0.4) is 0 Å². The monoisotopic (exact) mass is 491 g/mol. The molecule has 2 heterocycles. The van der Waals surface area contributed by atoms with Gasteiger partial charge in [-0.15, -0.1) is 0 Å². The summed E-state index contributed by atoms with van der Waals surface area (Å²) >= 11 is 1.48. The number of aromatic nitrogens is 1. The molecular formula is C30H25N3O2S. The van der Waals surface area contributed by atoms with Crippen LogP contribution in [0.15, 0.2) is 107 Å². The van der Waals surface area contributed by atoms with E-state index in [0.717, 1.165) is 27.4 Å². The number of hydrogen-bond donors (Lipinski definition) is 1. The minimum atomic E-state index is -0.166. The summed E-state index contributed by atoms with van der Waals surface area (Å²) in [6.07, 6.45) is 3.59. The number of rotatable bonds is 6. The molecule has 6 heteroatoms. The van der Waals surface area contributed by atoms with Crippen molar-refractivity contribution in [2.75, 3.05) is 4.90 Å². The van der Waals surface area contributed by atoms with Crippen molar-refractivity contribution in [2.24, 2.45) is 0 Å². The number of pyridine rings is 1. The molecule has 0 unspecified atom stereocenters. The molecule has 36 heavy (non-hydrogen) atoms. The summed E-state index contributed by atoms with van der Waals surface area (Å²) in [4.78, 5) is 33.8. The summed E-state index contributed by atoms with van der Waals surface area (Å²) in [5, 5.41) is 2.89. The van der Waals surface area contributed by atoms with Crippen molar-refractivity contribution in [2.45, 2.75) is 24.9 Å². The Hall–Kier alpha value is -4.16. The molecule has 3 aromatic carbocycles. The van der Waals surface area contributed by atoms with Crippen molar-refractivity contribution >= 4 is 35.3 Å². The van der Waals surface area contributed by atoms with E-state index in [9.17, 15) is 9.59 Å². The van der Waals surface area contributed by atoms with Gasteiger partial charge in [-0.1, -0.05) is 71.9 Å². The molecule has 0 spiro atoms. The number of aryl methyl sites for hydroxylation is 1. The van der Waals surface area contributed by atoms with Gasteiger partial charge in [0.05, 0.1) is 29.4 Å². The fourth-order valence-electron chi connectivity index (χ4n) is 4.07. The molecule has 2 amide bonds. The van der Waals surface area contributed by atoms with Gasteiger partial charge in [-0.2, -0.15) is 0 Å². The number of para-hydroxylation sites is 1. The molecule has 0 saturated carbocycles. The zero-order chi connectivity index (χ0) is 24.9. The molecule has 0 saturated heterocycles. The van der Waals surface area contributed by atoms with Gasteiger partial charge in [-0.3, -0.25) is 14.6 Å². The first kappa shape index (κ1) is 23.6. The van der Waals surface area contributed by atoms with Gasteiger partial charge in [-0.25, -0.2) is 0 Å². The molecule has 0 bridgehead atoms. The van der Waals surface area contributed by atoms with Crippen molar-refractivity contribution in [3.63, 3.8) is 0 Å². The summed E-state index contributed by atoms with van der Waals surface area (Å²) in [6.45, 7) is 2.93. The highest BCUT2D eigenvalue weighted by Gasteiger charge is 2.29. The second-order valence-electron chi connectivity index (χ2n) is 8.58. The van der Waals surface area contributed by atoms with Gasteiger partial charge >= 0.3 is 0 Å². The molecule has 1 aromatic heterocycles. The number of carbonyl (C=O) groups is 2. The standard InChI is InChI=1S/C30H25N3O2S/c1-21-7-6-8-23(17-21)20-33-26-10-2-3-11-27(26)36-28(30(33)35)18-22-12-14-24(15-13-22)29(34)32-19-25-9-4-5-16-31-25/h2-18H,19-20H2,1H3,(H,32,34). The Morgan fingerprint density at radius 1 is 0.972 bits per heavy atom. The lowest BCUT2D eigenvalue weighted by atomic mass is 10.1. The Kier molecular flexibility index (Phi) is 6.96. The van der Waals surface area contributed by atoms with Crippen LogP contribution in [-0.4, -0.2) is 16.8 Å². The van der Waals surface area contributed by atoms with Gasteiger partial charge in [-0.05, 0) is 60.5 Å². The number of amides is 2. The second-order valence-corrected chi connectivity index (χ2v) is 9.67. The van der Waals surface area contributed by atoms with Crippen molar-refractivity contribution in [3.05, 3.63) is 130 Å². The maximum atomic E-state index is 13.5. The van der Waals surface area contributed by atoms with Gasteiger partial charge < -0.3 is 10.2 Å². The van der Waals surface area contributed by atoms with Gasteiger partial charge in [0.25, 0.3) is 11.8 Å². The molecule has 0 aliphatic carbocycles. The minimum Gasteiger partial charge on any atom is -0.346 e. The molecule has 178 valence electrons. The molecule has 5 nitrogen and oxygen atoms in total. The van der Waals surface area contributed by atoms with Crippen molar-refractivity contribution in [1.29, 1.82) is 0 Å². The van der Waals surface area contributed by atoms with E-state index in [0.29, 0.717) is 23.6 Å². The minimum absolute atomic E-state index is 0.0302. The molecule has 0 atom stereocenters. The molecule has 1 aliphatic rings. The van der Waals surface area contributed by atoms with E-state index in [1.54, 1.807) is 18.3 Å². The number of carbonyl (C=O) groups excluding carboxylic acids is 2. The molecule has 5 rings (SSSR count). The number of nitrogens with zero attached hydrogens (tertiary/aromatic N) is 2. The van der Waals surface area contributed by atoms with E-state index in [1.165, 1.54) is 17.3 Å². The number of thioether (sulfide) groups is 1. The average Bonchev–Trinajstić information content (AvgIpc) is 2.91. The molecule has 1 aliphatic heterocycles. The van der Waals surface area contributed by atoms with Crippen molar-refractivity contribution in [1.82, 2.24) is 10.3 Å². The molecule has 4 aromatic rings. The van der Waals surface area contributed by atoms with Gasteiger partial charge in [0, 0.05) is 16.7 Å². The SMILES string of the molecule is Cc1cccc(CN2C(=O)C(=Cc3ccc(C(=O)NCc4ccccn4)cc3)Sc3ccccc32)c1. The van der Waals surface area contributed by atoms with Crippen LogP contribution in [0.4, 0.5) is 5.69 Å². The lowest BCUT2D eigenvalue weighted by molar-refractivity contribution is -0.114. The normalized spacial score (nSPS) is 14.0. The number of nitrogens with one attached hydrogen (secondary N) is 1. The fourth-order valence-corrected chi connectivity index (χ4v) is 5.13. The molecule has 0 fully saturated rings. The van der Waals surface area contributed by atoms with Crippen LogP contribution in [0.5, 0.6) is 0 Å². The van der Waals surface area contributed by atoms with Crippen LogP contribution in [0.25, 0.3) is 6.08 Å². The smallest absolute Gasteiger partial charge is 0.265 e. The third-order valence-electron chi connectivity index (χ3n) is 5.88. The first-order valence-electron chi connectivity index (χ1n) is 11.7. The highest BCUT2D eigenvalue weighted by atomic mass is 32.2. The predicted molar refractivity (Wildman–Crippen MR) is 144 cm³/mol. The second kappa shape index (κ2) is 10.6. The van der Waals surface area contributed by atoms with Crippen LogP contribution in [0, 0.1) is 6.92 Å². The van der Waals surface area contributed by atoms with E-state index in [2.05, 4.69) is 29.4 Å². The van der Waals surface area contributed by atoms with Crippen LogP contribution < -0.4 is 10.2 Å². The number of fused-ring (bicyclic) bond motifs is 1. The Morgan fingerprint density at radius 2 is 1.78 bits per heavy atom. The maximum Gasteiger partial charge on any atom is 0.265 e. The summed E-state index contributed by atoms with van der Waals surface area (Å²) < 4.78 is 0. The third-order valence-corrected chi connectivity index (χ3v) is 6.96. The summed E-state index contributed by atoms with van der Waals surface area (Å²) in [6, 6.07) is 29.1. The molecule has 1 N–H and O–H groups in total. The third kappa shape index (κ3) is 5.39. The van der Waals surface area contributed by atoms with E-state index in [-0.39, 0.29) is 11.8 Å². The number of anilines is 1. The highest BCUT2D eigenvalue weighted by Crippen LogP contribution is 2.42. The topological polar surface area (TPSA) is 62.3 Å². The van der Waals surface area contributed by atoms with Crippen LogP contribution in [0.1, 0.15) is 32.7 Å². The van der Waals surface area contributed by atoms with Gasteiger partial charge in [0.15, 0.2) is 0 Å². The van der Waals surface area contributed by atoms with Gasteiger partial charge in [0.1, 0.15) is 0 Å². The fraction of sp³-hybridized carbons (Fsp3) is 0.100. The zero-order valence-corrected chi connectivity index (χ0v) is 20.7. The van der Waals surface area contributed by atoms with E-state index in [4.69, 9.17) is 0 Å². The summed E-state index contributed by atoms with van der Waals surface area (Å²) in [5.74, 6) is -0.196. The summed E-state index contributed by atoms with van der Waals surface area (Å²) in [7, 11) is 0. The van der Waals surface area contributed by atoms with E-state index < -0.39 is 0 Å². The van der Waals surface area contributed by atoms with Gasteiger partial charge in [0.2, 0.25) is 0 Å². The van der Waals surface area contributed by atoms with E-state index in [1.807, 2.05) is 77.7 Å². The average molecular weight is 492 g/mol. The lowest BCUT2D eigenvalue weighted by Crippen LogP contribution is -2.33. The van der Waals surface area contributed by atoms with Crippen LogP contribution >= 0.6 is 11.8 Å². The zero-order valence-electron chi connectivity index (χ0n) is 19.8. The largest absolute Gasteiger partial charge is 0.346 e. The molecule has 0 radical (unpaired) electrons. The van der Waals surface area contributed by atoms with Crippen molar-refractivity contribution in [3.8, 4) is 0 Å². The summed E-state index contributed by atoms with van der Waals surface area (Å²) in [5.41, 5.74) is 5.40. The number of hydrogen-bond acceptors (Lipinski definition) is 4. The number of benzene rings is 3. The first-order chi connectivity index (χ1) is 17.6. The highest BCUT2D eigenvalue weighted by molar-refractivity contribution is 8.04.